The van der Waals surface area contributed by atoms with E-state index in [0.29, 0.717) is 41.9 Å². The Morgan fingerprint density at radius 3 is 2.53 bits per heavy atom. The summed E-state index contributed by atoms with van der Waals surface area (Å²) in [4.78, 5) is 39.3. The molecular weight excluding hydrogens is 618 g/mol. The molecule has 4 rings (SSSR count). The number of hydrogen-bond donors (Lipinski definition) is 1. The summed E-state index contributed by atoms with van der Waals surface area (Å²) < 4.78 is 12.2. The number of methoxy groups -OCH3 is 1. The normalized spacial score (nSPS) is 14.8. The van der Waals surface area contributed by atoms with Gasteiger partial charge in [0.05, 0.1) is 16.4 Å². The van der Waals surface area contributed by atoms with Gasteiger partial charge >= 0.3 is 6.03 Å². The van der Waals surface area contributed by atoms with Gasteiger partial charge in [0, 0.05) is 15.6 Å². The van der Waals surface area contributed by atoms with Crippen molar-refractivity contribution in [3.8, 4) is 11.5 Å². The maximum atomic E-state index is 13.3. The third-order valence-electron chi connectivity index (χ3n) is 5.41. The molecule has 0 spiro atoms. The van der Waals surface area contributed by atoms with Gasteiger partial charge in [-0.05, 0) is 77.0 Å². The Morgan fingerprint density at radius 2 is 1.81 bits per heavy atom. The summed E-state index contributed by atoms with van der Waals surface area (Å²) in [5.74, 6) is -0.662. The quantitative estimate of drug-likeness (QED) is 0.199. The number of ether oxygens (including phenoxy) is 2. The first-order chi connectivity index (χ1) is 17.2. The Labute approximate surface area is 231 Å². The van der Waals surface area contributed by atoms with E-state index in [-0.39, 0.29) is 12.2 Å². The molecule has 0 bridgehead atoms. The minimum Gasteiger partial charge on any atom is -0.493 e. The molecule has 1 fully saturated rings. The molecule has 4 amide bonds. The molecule has 0 atom stereocenters. The summed E-state index contributed by atoms with van der Waals surface area (Å²) in [5, 5.41) is 3.16. The number of nitrogens with one attached hydrogen (secondary N) is 1. The van der Waals surface area contributed by atoms with E-state index >= 15 is 0 Å². The maximum Gasteiger partial charge on any atom is 0.335 e. The van der Waals surface area contributed by atoms with Crippen molar-refractivity contribution in [2.45, 2.75) is 13.5 Å². The average molecular weight is 637 g/mol. The molecule has 3 aromatic rings. The minimum atomic E-state index is -0.844. The number of aryl methyl sites for hydroxylation is 1. The molecule has 1 aliphatic rings. The van der Waals surface area contributed by atoms with Gasteiger partial charge in [0.25, 0.3) is 11.8 Å². The van der Waals surface area contributed by atoms with Crippen molar-refractivity contribution in [3.05, 3.63) is 90.5 Å². The molecule has 184 valence electrons. The third kappa shape index (κ3) is 5.35. The summed E-state index contributed by atoms with van der Waals surface area (Å²) in [6.07, 6.45) is 1.40. The summed E-state index contributed by atoms with van der Waals surface area (Å²) in [5.41, 5.74) is 2.05. The Morgan fingerprint density at radius 1 is 1.06 bits per heavy atom. The summed E-state index contributed by atoms with van der Waals surface area (Å²) in [6, 6.07) is 14.7. The Kier molecular flexibility index (Phi) is 7.87. The zero-order valence-corrected chi connectivity index (χ0v) is 22.8. The second-order valence-corrected chi connectivity index (χ2v) is 9.81. The van der Waals surface area contributed by atoms with Gasteiger partial charge in [0.15, 0.2) is 11.5 Å². The van der Waals surface area contributed by atoms with Crippen molar-refractivity contribution >= 4 is 75.4 Å². The Hall–Kier alpha value is -3.08. The molecule has 1 N–H and O–H groups in total. The lowest BCUT2D eigenvalue weighted by Gasteiger charge is -2.27. The van der Waals surface area contributed by atoms with Crippen LogP contribution in [0.15, 0.2) is 60.2 Å². The highest BCUT2D eigenvalue weighted by atomic mass is 127. The number of nitrogens with zero attached hydrogens (tertiary/aromatic N) is 1. The van der Waals surface area contributed by atoms with Crippen LogP contribution in [0.3, 0.4) is 0 Å². The lowest BCUT2D eigenvalue weighted by Crippen LogP contribution is -2.54. The summed E-state index contributed by atoms with van der Waals surface area (Å²) >= 11 is 14.4. The van der Waals surface area contributed by atoms with Crippen molar-refractivity contribution in [2.75, 3.05) is 12.0 Å². The minimum absolute atomic E-state index is 0.212. The van der Waals surface area contributed by atoms with E-state index in [4.69, 9.17) is 32.7 Å². The zero-order valence-electron chi connectivity index (χ0n) is 19.1. The average Bonchev–Trinajstić information content (AvgIpc) is 2.83. The first-order valence-electron chi connectivity index (χ1n) is 10.6. The van der Waals surface area contributed by atoms with Crippen molar-refractivity contribution in [1.82, 2.24) is 5.32 Å². The predicted molar refractivity (Wildman–Crippen MR) is 147 cm³/mol. The number of imide groups is 2. The Bertz CT molecular complexity index is 1420. The smallest absolute Gasteiger partial charge is 0.335 e. The highest BCUT2D eigenvalue weighted by Crippen LogP contribution is 2.36. The number of anilines is 1. The molecule has 10 heteroatoms. The van der Waals surface area contributed by atoms with Gasteiger partial charge < -0.3 is 9.47 Å². The molecule has 1 saturated heterocycles. The van der Waals surface area contributed by atoms with Crippen LogP contribution in [-0.4, -0.2) is 25.0 Å². The molecule has 0 radical (unpaired) electrons. The second-order valence-electron chi connectivity index (χ2n) is 7.80. The summed E-state index contributed by atoms with van der Waals surface area (Å²) in [6.45, 7) is 1.96. The van der Waals surface area contributed by atoms with E-state index in [1.54, 1.807) is 37.3 Å². The molecule has 1 heterocycles. The van der Waals surface area contributed by atoms with Crippen molar-refractivity contribution < 1.29 is 23.9 Å². The molecular formula is C26H19Cl2IN2O5. The number of barbiturate groups is 1. The van der Waals surface area contributed by atoms with Crippen LogP contribution in [-0.2, 0) is 16.2 Å². The zero-order chi connectivity index (χ0) is 26.0. The van der Waals surface area contributed by atoms with Crippen LogP contribution >= 0.6 is 45.8 Å². The van der Waals surface area contributed by atoms with E-state index in [1.807, 2.05) is 18.2 Å². The first kappa shape index (κ1) is 26.0. The van der Waals surface area contributed by atoms with E-state index in [0.717, 1.165) is 10.5 Å². The Balaban J connectivity index is 1.67. The van der Waals surface area contributed by atoms with Gasteiger partial charge in [0.2, 0.25) is 0 Å². The number of urea groups is 1. The molecule has 0 aliphatic carbocycles. The molecule has 0 saturated carbocycles. The topological polar surface area (TPSA) is 84.9 Å². The number of carbonyl (C=O) groups excluding carboxylic acids is 3. The SMILES string of the molecule is COc1cc(/C=C2\C(=O)NC(=O)N(c3cc(Cl)ccc3C)C2=O)cc(I)c1OCc1ccccc1Cl. The van der Waals surface area contributed by atoms with Gasteiger partial charge in [-0.3, -0.25) is 14.9 Å². The van der Waals surface area contributed by atoms with E-state index in [9.17, 15) is 14.4 Å². The van der Waals surface area contributed by atoms with Crippen LogP contribution < -0.4 is 19.7 Å². The standard InChI is InChI=1S/C26H19Cl2IN2O5/c1-14-7-8-17(27)12-21(14)31-25(33)18(24(32)30-26(31)34)9-15-10-20(29)23(22(11-15)35-2)36-13-16-5-3-4-6-19(16)28/h3-12H,13H2,1-2H3,(H,30,32,34)/b18-9+. The monoisotopic (exact) mass is 636 g/mol. The lowest BCUT2D eigenvalue weighted by atomic mass is 10.1. The van der Waals surface area contributed by atoms with Crippen LogP contribution in [0, 0.1) is 10.5 Å². The predicted octanol–water partition coefficient (Wildman–Crippen LogP) is 6.16. The van der Waals surface area contributed by atoms with Gasteiger partial charge in [-0.15, -0.1) is 0 Å². The third-order valence-corrected chi connectivity index (χ3v) is 6.81. The molecule has 3 aromatic carbocycles. The van der Waals surface area contributed by atoms with Crippen molar-refractivity contribution in [1.29, 1.82) is 0 Å². The molecule has 7 nitrogen and oxygen atoms in total. The van der Waals surface area contributed by atoms with Gasteiger partial charge in [-0.1, -0.05) is 47.5 Å². The van der Waals surface area contributed by atoms with Gasteiger partial charge in [0.1, 0.15) is 12.2 Å². The number of halogens is 3. The fraction of sp³-hybridized carbons (Fsp3) is 0.115. The number of rotatable bonds is 6. The van der Waals surface area contributed by atoms with E-state index < -0.39 is 17.8 Å². The largest absolute Gasteiger partial charge is 0.493 e. The first-order valence-corrected chi connectivity index (χ1v) is 12.4. The van der Waals surface area contributed by atoms with E-state index in [2.05, 4.69) is 27.9 Å². The fourth-order valence-corrected chi connectivity index (χ4v) is 4.73. The molecule has 36 heavy (non-hydrogen) atoms. The van der Waals surface area contributed by atoms with Crippen LogP contribution in [0.2, 0.25) is 10.0 Å². The second kappa shape index (κ2) is 10.9. The molecule has 0 aromatic heterocycles. The molecule has 1 aliphatic heterocycles. The summed E-state index contributed by atoms with van der Waals surface area (Å²) in [7, 11) is 1.49. The highest BCUT2D eigenvalue weighted by molar-refractivity contribution is 14.1. The van der Waals surface area contributed by atoms with Gasteiger partial charge in [-0.2, -0.15) is 0 Å². The van der Waals surface area contributed by atoms with E-state index in [1.165, 1.54) is 19.3 Å². The van der Waals surface area contributed by atoms with Gasteiger partial charge in [-0.25, -0.2) is 9.69 Å². The number of carbonyl (C=O) groups is 3. The lowest BCUT2D eigenvalue weighted by molar-refractivity contribution is -0.122. The number of amides is 4. The van der Waals surface area contributed by atoms with Crippen LogP contribution in [0.5, 0.6) is 11.5 Å². The van der Waals surface area contributed by atoms with Crippen LogP contribution in [0.1, 0.15) is 16.7 Å². The van der Waals surface area contributed by atoms with Crippen LogP contribution in [0.4, 0.5) is 10.5 Å². The number of benzene rings is 3. The van der Waals surface area contributed by atoms with Crippen LogP contribution in [0.25, 0.3) is 6.08 Å². The van der Waals surface area contributed by atoms with Crippen molar-refractivity contribution in [2.24, 2.45) is 0 Å². The number of hydrogen-bond acceptors (Lipinski definition) is 5. The maximum absolute atomic E-state index is 13.3. The highest BCUT2D eigenvalue weighted by Gasteiger charge is 2.37. The molecule has 0 unspecified atom stereocenters. The van der Waals surface area contributed by atoms with Crippen molar-refractivity contribution in [3.63, 3.8) is 0 Å². The fourth-order valence-electron chi connectivity index (χ4n) is 3.59.